The number of aromatic nitrogens is 2. The molecule has 1 aromatic heterocycles. The molecule has 0 aliphatic carbocycles. The van der Waals surface area contributed by atoms with Gasteiger partial charge in [0.15, 0.2) is 5.82 Å². The third-order valence-electron chi connectivity index (χ3n) is 4.64. The molecule has 6 heteroatoms. The van der Waals surface area contributed by atoms with E-state index >= 15 is 0 Å². The molecule has 2 heterocycles. The summed E-state index contributed by atoms with van der Waals surface area (Å²) in [5.74, 6) is 1.21. The first kappa shape index (κ1) is 18.4. The molecular weight excluding hydrogens is 374 g/mol. The smallest absolute Gasteiger partial charge is 0.251 e. The van der Waals surface area contributed by atoms with E-state index in [4.69, 9.17) is 16.3 Å². The van der Waals surface area contributed by atoms with Gasteiger partial charge in [-0.2, -0.15) is 0 Å². The number of fused-ring (bicyclic) bond motifs is 1. The molecule has 4 rings (SSSR count). The number of rotatable bonds is 4. The summed E-state index contributed by atoms with van der Waals surface area (Å²) in [7, 11) is 0. The minimum Gasteiger partial charge on any atom is -0.487 e. The van der Waals surface area contributed by atoms with Crippen LogP contribution >= 0.6 is 11.6 Å². The van der Waals surface area contributed by atoms with Gasteiger partial charge in [0.05, 0.1) is 12.1 Å². The molecule has 0 saturated carbocycles. The standard InChI is InChI=1S/C22H20ClN3O2/c1-13-6-14(2)8-16(7-13)22(27)26-12-18-10-15-9-17(23)11-19(20(15)28-18)21-24-4-3-5-25-21/h3-9,11,18H,10,12H2,1-2H3,(H,26,27)/t18-/m1/s1. The first-order chi connectivity index (χ1) is 13.5. The molecule has 0 bridgehead atoms. The molecule has 0 unspecified atom stereocenters. The largest absolute Gasteiger partial charge is 0.487 e. The highest BCUT2D eigenvalue weighted by atomic mass is 35.5. The quantitative estimate of drug-likeness (QED) is 0.723. The van der Waals surface area contributed by atoms with Crippen molar-refractivity contribution in [2.45, 2.75) is 26.4 Å². The van der Waals surface area contributed by atoms with Crippen molar-refractivity contribution in [2.24, 2.45) is 0 Å². The van der Waals surface area contributed by atoms with Crippen LogP contribution in [0.2, 0.25) is 5.02 Å². The molecule has 1 atom stereocenters. The zero-order chi connectivity index (χ0) is 19.7. The SMILES string of the molecule is Cc1cc(C)cc(C(=O)NC[C@H]2Cc3cc(Cl)cc(-c4ncccn4)c3O2)c1. The molecule has 3 aromatic rings. The maximum absolute atomic E-state index is 12.5. The first-order valence-electron chi connectivity index (χ1n) is 9.12. The summed E-state index contributed by atoms with van der Waals surface area (Å²) in [5.41, 5.74) is 4.56. The van der Waals surface area contributed by atoms with Gasteiger partial charge in [-0.05, 0) is 44.2 Å². The Morgan fingerprint density at radius 2 is 1.86 bits per heavy atom. The minimum absolute atomic E-state index is 0.101. The number of ether oxygens (including phenoxy) is 1. The van der Waals surface area contributed by atoms with Gasteiger partial charge in [0.2, 0.25) is 0 Å². The third kappa shape index (κ3) is 3.85. The fraction of sp³-hybridized carbons (Fsp3) is 0.227. The van der Waals surface area contributed by atoms with Crippen LogP contribution in [-0.4, -0.2) is 28.5 Å². The maximum Gasteiger partial charge on any atom is 0.251 e. The molecule has 1 aliphatic rings. The second-order valence-corrected chi connectivity index (χ2v) is 7.48. The lowest BCUT2D eigenvalue weighted by Crippen LogP contribution is -2.34. The van der Waals surface area contributed by atoms with Crippen molar-refractivity contribution in [1.82, 2.24) is 15.3 Å². The van der Waals surface area contributed by atoms with E-state index in [9.17, 15) is 4.79 Å². The third-order valence-corrected chi connectivity index (χ3v) is 4.86. The van der Waals surface area contributed by atoms with Gasteiger partial charge in [-0.3, -0.25) is 4.79 Å². The van der Waals surface area contributed by atoms with Crippen LogP contribution in [0.15, 0.2) is 48.8 Å². The Kier molecular flexibility index (Phi) is 5.01. The molecule has 1 N–H and O–H groups in total. The number of carbonyl (C=O) groups is 1. The average molecular weight is 394 g/mol. The lowest BCUT2D eigenvalue weighted by Gasteiger charge is -2.14. The van der Waals surface area contributed by atoms with E-state index < -0.39 is 0 Å². The Morgan fingerprint density at radius 3 is 2.57 bits per heavy atom. The summed E-state index contributed by atoms with van der Waals surface area (Å²) in [5, 5.41) is 3.59. The molecule has 1 amide bonds. The van der Waals surface area contributed by atoms with Crippen LogP contribution in [0.25, 0.3) is 11.4 Å². The second-order valence-electron chi connectivity index (χ2n) is 7.04. The maximum atomic E-state index is 12.5. The summed E-state index contributed by atoms with van der Waals surface area (Å²) in [6, 6.07) is 11.3. The number of benzene rings is 2. The van der Waals surface area contributed by atoms with Crippen LogP contribution < -0.4 is 10.1 Å². The molecule has 0 spiro atoms. The number of nitrogens with zero attached hydrogens (tertiary/aromatic N) is 2. The highest BCUT2D eigenvalue weighted by Gasteiger charge is 2.28. The second kappa shape index (κ2) is 7.60. The Balaban J connectivity index is 1.49. The van der Waals surface area contributed by atoms with Crippen LogP contribution in [0, 0.1) is 13.8 Å². The molecule has 0 fully saturated rings. The van der Waals surface area contributed by atoms with Crippen LogP contribution in [0.4, 0.5) is 0 Å². The number of halogens is 1. The molecule has 142 valence electrons. The highest BCUT2D eigenvalue weighted by molar-refractivity contribution is 6.31. The number of carbonyl (C=O) groups excluding carboxylic acids is 1. The van der Waals surface area contributed by atoms with Crippen LogP contribution in [-0.2, 0) is 6.42 Å². The molecule has 0 radical (unpaired) electrons. The molecule has 2 aromatic carbocycles. The van der Waals surface area contributed by atoms with E-state index in [1.807, 2.05) is 44.2 Å². The summed E-state index contributed by atoms with van der Waals surface area (Å²) in [6.07, 6.45) is 3.88. The van der Waals surface area contributed by atoms with E-state index in [0.717, 1.165) is 28.0 Å². The van der Waals surface area contributed by atoms with Gasteiger partial charge in [0.1, 0.15) is 11.9 Å². The molecule has 28 heavy (non-hydrogen) atoms. The monoisotopic (exact) mass is 393 g/mol. The Morgan fingerprint density at radius 1 is 1.14 bits per heavy atom. The predicted molar refractivity (Wildman–Crippen MR) is 109 cm³/mol. The van der Waals surface area contributed by atoms with Crippen molar-refractivity contribution in [3.63, 3.8) is 0 Å². The van der Waals surface area contributed by atoms with E-state index in [-0.39, 0.29) is 12.0 Å². The summed E-state index contributed by atoms with van der Waals surface area (Å²) < 4.78 is 6.13. The number of hydrogen-bond donors (Lipinski definition) is 1. The van der Waals surface area contributed by atoms with Gasteiger partial charge < -0.3 is 10.1 Å². The van der Waals surface area contributed by atoms with Crippen molar-refractivity contribution in [3.05, 3.63) is 76.1 Å². The lowest BCUT2D eigenvalue weighted by molar-refractivity contribution is 0.0933. The zero-order valence-electron chi connectivity index (χ0n) is 15.7. The van der Waals surface area contributed by atoms with Crippen LogP contribution in [0.1, 0.15) is 27.0 Å². The van der Waals surface area contributed by atoms with Crippen molar-refractivity contribution in [2.75, 3.05) is 6.54 Å². The normalized spacial score (nSPS) is 15.0. The summed E-state index contributed by atoms with van der Waals surface area (Å²) >= 11 is 6.28. The number of amides is 1. The number of hydrogen-bond acceptors (Lipinski definition) is 4. The Bertz CT molecular complexity index is 1020. The number of nitrogens with one attached hydrogen (secondary N) is 1. The van der Waals surface area contributed by atoms with Crippen LogP contribution in [0.5, 0.6) is 5.75 Å². The van der Waals surface area contributed by atoms with Crippen molar-refractivity contribution in [3.8, 4) is 17.1 Å². The van der Waals surface area contributed by atoms with E-state index in [2.05, 4.69) is 15.3 Å². The average Bonchev–Trinajstić information content (AvgIpc) is 3.08. The highest BCUT2D eigenvalue weighted by Crippen LogP contribution is 2.39. The van der Waals surface area contributed by atoms with Crippen molar-refractivity contribution >= 4 is 17.5 Å². The molecule has 5 nitrogen and oxygen atoms in total. The van der Waals surface area contributed by atoms with E-state index in [1.165, 1.54) is 0 Å². The molecular formula is C22H20ClN3O2. The van der Waals surface area contributed by atoms with E-state index in [1.54, 1.807) is 18.5 Å². The van der Waals surface area contributed by atoms with Gasteiger partial charge in [0, 0.05) is 35.0 Å². The Labute approximate surface area is 168 Å². The lowest BCUT2D eigenvalue weighted by atomic mass is 10.1. The van der Waals surface area contributed by atoms with Gasteiger partial charge in [-0.1, -0.05) is 28.8 Å². The van der Waals surface area contributed by atoms with Gasteiger partial charge in [-0.25, -0.2) is 9.97 Å². The fourth-order valence-electron chi connectivity index (χ4n) is 3.53. The number of aryl methyl sites for hydroxylation is 2. The van der Waals surface area contributed by atoms with Gasteiger partial charge in [0.25, 0.3) is 5.91 Å². The summed E-state index contributed by atoms with van der Waals surface area (Å²) in [6.45, 7) is 4.38. The molecule has 0 saturated heterocycles. The van der Waals surface area contributed by atoms with E-state index in [0.29, 0.717) is 29.4 Å². The zero-order valence-corrected chi connectivity index (χ0v) is 16.5. The minimum atomic E-state index is -0.161. The fourth-order valence-corrected chi connectivity index (χ4v) is 3.77. The van der Waals surface area contributed by atoms with Crippen molar-refractivity contribution in [1.29, 1.82) is 0 Å². The Hall–Kier alpha value is -2.92. The van der Waals surface area contributed by atoms with Gasteiger partial charge in [-0.15, -0.1) is 0 Å². The van der Waals surface area contributed by atoms with Crippen LogP contribution in [0.3, 0.4) is 0 Å². The summed E-state index contributed by atoms with van der Waals surface area (Å²) in [4.78, 5) is 21.1. The topological polar surface area (TPSA) is 64.1 Å². The van der Waals surface area contributed by atoms with Gasteiger partial charge >= 0.3 is 0 Å². The first-order valence-corrected chi connectivity index (χ1v) is 9.50. The predicted octanol–water partition coefficient (Wildman–Crippen LogP) is 4.15. The van der Waals surface area contributed by atoms with Crippen molar-refractivity contribution < 1.29 is 9.53 Å². The molecule has 1 aliphatic heterocycles.